The topological polar surface area (TPSA) is 104 Å². The van der Waals surface area contributed by atoms with Crippen LogP contribution in [0.2, 0.25) is 0 Å². The maximum atomic E-state index is 12.4. The van der Waals surface area contributed by atoms with Crippen molar-refractivity contribution in [1.29, 1.82) is 0 Å². The predicted octanol–water partition coefficient (Wildman–Crippen LogP) is 2.14. The number of hydrogen-bond donors (Lipinski definition) is 3. The van der Waals surface area contributed by atoms with Crippen LogP contribution in [0.25, 0.3) is 0 Å². The molecular weight excluding hydrogens is 410 g/mol. The molecule has 172 valence electrons. The lowest BCUT2D eigenvalue weighted by Crippen LogP contribution is -2.43. The number of ether oxygens (including phenoxy) is 2. The molecule has 1 aliphatic rings. The summed E-state index contributed by atoms with van der Waals surface area (Å²) in [7, 11) is 1.47. The van der Waals surface area contributed by atoms with Crippen molar-refractivity contribution in [2.45, 2.75) is 25.6 Å². The molecule has 1 atom stereocenters. The first-order chi connectivity index (χ1) is 15.5. The minimum absolute atomic E-state index is 0.0494. The fourth-order valence-corrected chi connectivity index (χ4v) is 3.65. The van der Waals surface area contributed by atoms with E-state index in [4.69, 9.17) is 9.47 Å². The number of aromatic hydroxyl groups is 1. The summed E-state index contributed by atoms with van der Waals surface area (Å²) in [6, 6.07) is 14.7. The normalized spacial score (nSPS) is 16.2. The van der Waals surface area contributed by atoms with Crippen molar-refractivity contribution in [3.05, 3.63) is 59.7 Å². The molecule has 0 spiro atoms. The number of methoxy groups -OCH3 is 1. The van der Waals surface area contributed by atoms with Gasteiger partial charge in [-0.05, 0) is 55.3 Å². The van der Waals surface area contributed by atoms with Gasteiger partial charge in [0.2, 0.25) is 5.91 Å². The minimum atomic E-state index is -0.559. The molecule has 1 fully saturated rings. The standard InChI is InChI=1S/C24H31N3O5/c1-31-23-13-19(7-8-22(23)29)14-25-26-24(30)20-9-11-27(12-10-20)15-21(28)17-32-16-18-5-3-2-4-6-18/h2-8,13-14,20-21,28-29H,9-12,15-17H2,1H3,(H,26,30)/b25-14-/t21-/m1/s1. The van der Waals surface area contributed by atoms with Gasteiger partial charge in [-0.2, -0.15) is 5.10 Å². The number of nitrogens with one attached hydrogen (secondary N) is 1. The van der Waals surface area contributed by atoms with Gasteiger partial charge in [-0.15, -0.1) is 0 Å². The largest absolute Gasteiger partial charge is 0.504 e. The fourth-order valence-electron chi connectivity index (χ4n) is 3.65. The number of aliphatic hydroxyl groups is 1. The highest BCUT2D eigenvalue weighted by Gasteiger charge is 2.25. The smallest absolute Gasteiger partial charge is 0.243 e. The highest BCUT2D eigenvalue weighted by molar-refractivity contribution is 5.84. The highest BCUT2D eigenvalue weighted by atomic mass is 16.5. The molecule has 3 N–H and O–H groups in total. The molecule has 1 saturated heterocycles. The average Bonchev–Trinajstić information content (AvgIpc) is 2.81. The molecule has 0 aliphatic carbocycles. The maximum Gasteiger partial charge on any atom is 0.243 e. The molecule has 32 heavy (non-hydrogen) atoms. The molecule has 8 nitrogen and oxygen atoms in total. The lowest BCUT2D eigenvalue weighted by atomic mass is 9.96. The summed E-state index contributed by atoms with van der Waals surface area (Å²) in [4.78, 5) is 14.6. The van der Waals surface area contributed by atoms with Crippen LogP contribution < -0.4 is 10.2 Å². The van der Waals surface area contributed by atoms with E-state index in [1.165, 1.54) is 19.4 Å². The van der Waals surface area contributed by atoms with Crippen LogP contribution in [-0.4, -0.2) is 66.7 Å². The van der Waals surface area contributed by atoms with E-state index in [2.05, 4.69) is 15.4 Å². The summed E-state index contributed by atoms with van der Waals surface area (Å²) in [5, 5.41) is 23.9. The van der Waals surface area contributed by atoms with E-state index in [1.807, 2.05) is 30.3 Å². The Labute approximate surface area is 188 Å². The maximum absolute atomic E-state index is 12.4. The van der Waals surface area contributed by atoms with Gasteiger partial charge in [-0.25, -0.2) is 5.43 Å². The van der Waals surface area contributed by atoms with Gasteiger partial charge in [0.05, 0.1) is 32.6 Å². The van der Waals surface area contributed by atoms with Crippen molar-refractivity contribution in [3.8, 4) is 11.5 Å². The number of β-amino-alcohol motifs (C(OH)–C–C–N with tert-alkyl or cyclic N) is 1. The highest BCUT2D eigenvalue weighted by Crippen LogP contribution is 2.25. The second kappa shape index (κ2) is 12.2. The van der Waals surface area contributed by atoms with E-state index in [1.54, 1.807) is 12.1 Å². The zero-order valence-electron chi connectivity index (χ0n) is 18.3. The van der Waals surface area contributed by atoms with Gasteiger partial charge >= 0.3 is 0 Å². The monoisotopic (exact) mass is 441 g/mol. The number of phenolic OH excluding ortho intramolecular Hbond substituents is 1. The number of rotatable bonds is 10. The van der Waals surface area contributed by atoms with Gasteiger partial charge in [0.25, 0.3) is 0 Å². The second-order valence-electron chi connectivity index (χ2n) is 7.89. The number of carbonyl (C=O) groups excluding carboxylic acids is 1. The molecule has 0 radical (unpaired) electrons. The average molecular weight is 442 g/mol. The summed E-state index contributed by atoms with van der Waals surface area (Å²) >= 11 is 0. The van der Waals surface area contributed by atoms with Crippen molar-refractivity contribution in [1.82, 2.24) is 10.3 Å². The number of phenols is 1. The Kier molecular flexibility index (Phi) is 9.03. The van der Waals surface area contributed by atoms with E-state index in [9.17, 15) is 15.0 Å². The van der Waals surface area contributed by atoms with Crippen LogP contribution in [0, 0.1) is 5.92 Å². The molecule has 0 saturated carbocycles. The third-order valence-corrected chi connectivity index (χ3v) is 5.44. The van der Waals surface area contributed by atoms with Gasteiger partial charge in [-0.3, -0.25) is 4.79 Å². The SMILES string of the molecule is COc1cc(/C=N\NC(=O)C2CCN(C[C@@H](O)COCc3ccccc3)CC2)ccc1O. The van der Waals surface area contributed by atoms with E-state index >= 15 is 0 Å². The Morgan fingerprint density at radius 2 is 2.00 bits per heavy atom. The van der Waals surface area contributed by atoms with E-state index < -0.39 is 6.10 Å². The number of hydrogen-bond acceptors (Lipinski definition) is 7. The van der Waals surface area contributed by atoms with Gasteiger partial charge in [0.15, 0.2) is 11.5 Å². The summed E-state index contributed by atoms with van der Waals surface area (Å²) in [5.74, 6) is 0.177. The third-order valence-electron chi connectivity index (χ3n) is 5.44. The predicted molar refractivity (Wildman–Crippen MR) is 122 cm³/mol. The van der Waals surface area contributed by atoms with Crippen LogP contribution >= 0.6 is 0 Å². The summed E-state index contributed by atoms with van der Waals surface area (Å²) in [6.07, 6.45) is 2.38. The van der Waals surface area contributed by atoms with Crippen molar-refractivity contribution in [2.24, 2.45) is 11.0 Å². The van der Waals surface area contributed by atoms with Crippen LogP contribution in [0.15, 0.2) is 53.6 Å². The number of benzene rings is 2. The third kappa shape index (κ3) is 7.33. The molecule has 2 aromatic rings. The second-order valence-corrected chi connectivity index (χ2v) is 7.89. The van der Waals surface area contributed by atoms with Gasteiger partial charge in [-0.1, -0.05) is 30.3 Å². The quantitative estimate of drug-likeness (QED) is 0.386. The number of piperidine rings is 1. The first-order valence-corrected chi connectivity index (χ1v) is 10.8. The zero-order chi connectivity index (χ0) is 22.8. The molecule has 2 aromatic carbocycles. The Morgan fingerprint density at radius 1 is 1.25 bits per heavy atom. The number of amides is 1. The first kappa shape index (κ1) is 23.7. The fraction of sp³-hybridized carbons (Fsp3) is 0.417. The van der Waals surface area contributed by atoms with E-state index in [-0.39, 0.29) is 24.2 Å². The lowest BCUT2D eigenvalue weighted by Gasteiger charge is -2.32. The molecule has 0 bridgehead atoms. The summed E-state index contributed by atoms with van der Waals surface area (Å²) in [5.41, 5.74) is 4.38. The van der Waals surface area contributed by atoms with Crippen molar-refractivity contribution in [2.75, 3.05) is 33.4 Å². The van der Waals surface area contributed by atoms with Crippen LogP contribution in [0.5, 0.6) is 11.5 Å². The van der Waals surface area contributed by atoms with Crippen LogP contribution in [0.3, 0.4) is 0 Å². The molecule has 8 heteroatoms. The molecule has 0 aromatic heterocycles. The number of carbonyl (C=O) groups is 1. The lowest BCUT2D eigenvalue weighted by molar-refractivity contribution is -0.126. The Morgan fingerprint density at radius 3 is 2.72 bits per heavy atom. The summed E-state index contributed by atoms with van der Waals surface area (Å²) < 4.78 is 10.7. The van der Waals surface area contributed by atoms with Gasteiger partial charge in [0, 0.05) is 12.5 Å². The molecular formula is C24H31N3O5. The minimum Gasteiger partial charge on any atom is -0.504 e. The molecule has 3 rings (SSSR count). The number of likely N-dealkylation sites (tertiary alicyclic amines) is 1. The van der Waals surface area contributed by atoms with Gasteiger partial charge < -0.3 is 24.6 Å². The molecule has 1 aliphatic heterocycles. The van der Waals surface area contributed by atoms with Gasteiger partial charge in [0.1, 0.15) is 0 Å². The van der Waals surface area contributed by atoms with Crippen LogP contribution in [0.1, 0.15) is 24.0 Å². The number of hydrazone groups is 1. The van der Waals surface area contributed by atoms with Crippen molar-refractivity contribution >= 4 is 12.1 Å². The number of aliphatic hydroxyl groups excluding tert-OH is 1. The van der Waals surface area contributed by atoms with Crippen LogP contribution in [-0.2, 0) is 16.1 Å². The van der Waals surface area contributed by atoms with Crippen LogP contribution in [0.4, 0.5) is 0 Å². The Hall–Kier alpha value is -2.94. The first-order valence-electron chi connectivity index (χ1n) is 10.8. The molecule has 0 unspecified atom stereocenters. The van der Waals surface area contributed by atoms with E-state index in [0.717, 1.165) is 18.7 Å². The van der Waals surface area contributed by atoms with Crippen molar-refractivity contribution in [3.63, 3.8) is 0 Å². The number of nitrogens with zero attached hydrogens (tertiary/aromatic N) is 2. The molecule has 1 heterocycles. The zero-order valence-corrected chi connectivity index (χ0v) is 18.3. The molecule has 1 amide bonds. The summed E-state index contributed by atoms with van der Waals surface area (Å²) in [6.45, 7) is 2.78. The van der Waals surface area contributed by atoms with Crippen molar-refractivity contribution < 1.29 is 24.5 Å². The Balaban J connectivity index is 1.34. The Bertz CT molecular complexity index is 882. The van der Waals surface area contributed by atoms with E-state index in [0.29, 0.717) is 37.3 Å².